The van der Waals surface area contributed by atoms with Gasteiger partial charge in [-0.25, -0.2) is 19.9 Å². The molecule has 0 aliphatic heterocycles. The molecule has 0 saturated heterocycles. The molecule has 0 N–H and O–H groups in total. The lowest BCUT2D eigenvalue weighted by Gasteiger charge is -2.12. The van der Waals surface area contributed by atoms with Crippen LogP contribution in [0.5, 0.6) is 0 Å². The first kappa shape index (κ1) is 35.8. The molecule has 0 fully saturated rings. The van der Waals surface area contributed by atoms with Crippen molar-refractivity contribution in [3.05, 3.63) is 218 Å². The Morgan fingerprint density at radius 3 is 1.31 bits per heavy atom. The predicted octanol–water partition coefficient (Wildman–Crippen LogP) is 14.5. The maximum absolute atomic E-state index is 6.53. The van der Waals surface area contributed by atoms with Crippen LogP contribution in [0.25, 0.3) is 112 Å². The molecule has 11 aromatic rings. The zero-order chi connectivity index (χ0) is 40.5. The second-order valence-corrected chi connectivity index (χ2v) is 15.1. The fraction of sp³-hybridized carbons (Fsp3) is 0. The van der Waals surface area contributed by atoms with Gasteiger partial charge in [-0.3, -0.25) is 0 Å². The molecule has 5 nitrogen and oxygen atoms in total. The highest BCUT2D eigenvalue weighted by Crippen LogP contribution is 2.38. The van der Waals surface area contributed by atoms with E-state index in [1.54, 1.807) is 0 Å². The number of rotatable bonds is 8. The number of fused-ring (bicyclic) bond motifs is 3. The van der Waals surface area contributed by atoms with Crippen molar-refractivity contribution in [2.75, 3.05) is 0 Å². The molecule has 0 atom stereocenters. The molecule has 2 aromatic heterocycles. The molecular weight excluding hydrogens is 745 g/mol. The van der Waals surface area contributed by atoms with Crippen molar-refractivity contribution in [3.8, 4) is 90.1 Å². The Kier molecular flexibility index (Phi) is 9.10. The zero-order valence-corrected chi connectivity index (χ0v) is 33.0. The van der Waals surface area contributed by atoms with E-state index in [1.807, 2.05) is 48.5 Å². The number of aromatic nitrogens is 4. The topological polar surface area (TPSA) is 64.7 Å². The van der Waals surface area contributed by atoms with Crippen molar-refractivity contribution in [3.63, 3.8) is 0 Å². The average molecular weight is 781 g/mol. The van der Waals surface area contributed by atoms with Gasteiger partial charge in [-0.05, 0) is 80.2 Å². The van der Waals surface area contributed by atoms with E-state index in [0.717, 1.165) is 77.5 Å². The lowest BCUT2D eigenvalue weighted by Crippen LogP contribution is -2.00. The van der Waals surface area contributed by atoms with E-state index in [-0.39, 0.29) is 0 Å². The van der Waals surface area contributed by atoms with Gasteiger partial charge in [0.05, 0.1) is 0 Å². The fourth-order valence-electron chi connectivity index (χ4n) is 8.05. The molecule has 11 rings (SSSR count). The molecule has 0 radical (unpaired) electrons. The van der Waals surface area contributed by atoms with Crippen LogP contribution in [0.3, 0.4) is 0 Å². The van der Waals surface area contributed by atoms with Gasteiger partial charge >= 0.3 is 0 Å². The lowest BCUT2D eigenvalue weighted by atomic mass is 9.96. The van der Waals surface area contributed by atoms with Gasteiger partial charge in [0, 0.05) is 27.6 Å². The molecule has 0 saturated carbocycles. The van der Waals surface area contributed by atoms with E-state index in [2.05, 4.69) is 170 Å². The highest BCUT2D eigenvalue weighted by Gasteiger charge is 2.17. The minimum atomic E-state index is 0.588. The van der Waals surface area contributed by atoms with E-state index in [9.17, 15) is 0 Å². The molecule has 0 spiro atoms. The van der Waals surface area contributed by atoms with Crippen LogP contribution >= 0.6 is 0 Å². The van der Waals surface area contributed by atoms with Crippen LogP contribution in [0.4, 0.5) is 0 Å². The molecule has 0 unspecified atom stereocenters. The summed E-state index contributed by atoms with van der Waals surface area (Å²) in [5, 5.41) is 2.09. The van der Waals surface area contributed by atoms with Gasteiger partial charge in [-0.1, -0.05) is 188 Å². The molecule has 61 heavy (non-hydrogen) atoms. The summed E-state index contributed by atoms with van der Waals surface area (Å²) in [5.74, 6) is 2.39. The van der Waals surface area contributed by atoms with Crippen molar-refractivity contribution >= 4 is 21.9 Å². The Morgan fingerprint density at radius 2 is 0.705 bits per heavy atom. The van der Waals surface area contributed by atoms with E-state index < -0.39 is 0 Å². The molecule has 2 heterocycles. The Balaban J connectivity index is 1.01. The van der Waals surface area contributed by atoms with Gasteiger partial charge in [0.15, 0.2) is 23.1 Å². The monoisotopic (exact) mass is 780 g/mol. The van der Waals surface area contributed by atoms with E-state index in [4.69, 9.17) is 24.4 Å². The third-order valence-corrected chi connectivity index (χ3v) is 11.2. The molecule has 0 aliphatic rings. The van der Waals surface area contributed by atoms with Crippen molar-refractivity contribution in [2.45, 2.75) is 0 Å². The quantitative estimate of drug-likeness (QED) is 0.154. The maximum Gasteiger partial charge on any atom is 0.227 e. The van der Waals surface area contributed by atoms with Gasteiger partial charge < -0.3 is 4.42 Å². The van der Waals surface area contributed by atoms with Crippen LogP contribution in [-0.4, -0.2) is 19.9 Å². The molecule has 5 heteroatoms. The third kappa shape index (κ3) is 7.04. The first-order valence-corrected chi connectivity index (χ1v) is 20.4. The van der Waals surface area contributed by atoms with Gasteiger partial charge in [0.1, 0.15) is 5.52 Å². The van der Waals surface area contributed by atoms with E-state index >= 15 is 0 Å². The van der Waals surface area contributed by atoms with Crippen LogP contribution < -0.4 is 0 Å². The van der Waals surface area contributed by atoms with Gasteiger partial charge in [0.25, 0.3) is 0 Å². The van der Waals surface area contributed by atoms with Crippen molar-refractivity contribution in [1.29, 1.82) is 0 Å². The standard InChI is InChI=1S/C56H36N4O/c1-4-13-37(14-5-1)39-25-29-42(30-26-39)53-58-54(43-31-27-40(28-32-43)46-21-10-20-45(35-46)38-15-6-2-7-16-38)60-55(59-53)48-23-11-22-47(36-48)49-24-12-19-41-33-34-50-52(51(41)49)61-56(57-50)44-17-8-3-9-18-44/h1-36H. The number of hydrogen-bond acceptors (Lipinski definition) is 5. The Labute approximate surface area is 353 Å². The summed E-state index contributed by atoms with van der Waals surface area (Å²) in [7, 11) is 0. The van der Waals surface area contributed by atoms with Crippen LogP contribution in [0.1, 0.15) is 0 Å². The van der Waals surface area contributed by atoms with Crippen molar-refractivity contribution in [2.24, 2.45) is 0 Å². The van der Waals surface area contributed by atoms with Crippen molar-refractivity contribution < 1.29 is 4.42 Å². The molecule has 9 aromatic carbocycles. The fourth-order valence-corrected chi connectivity index (χ4v) is 8.05. The first-order chi connectivity index (χ1) is 30.2. The van der Waals surface area contributed by atoms with Crippen LogP contribution in [-0.2, 0) is 0 Å². The summed E-state index contributed by atoms with van der Waals surface area (Å²) in [6.45, 7) is 0. The van der Waals surface area contributed by atoms with Gasteiger partial charge in [-0.2, -0.15) is 0 Å². The summed E-state index contributed by atoms with van der Waals surface area (Å²) < 4.78 is 6.53. The highest BCUT2D eigenvalue weighted by molar-refractivity contribution is 6.11. The molecule has 0 bridgehead atoms. The second kappa shape index (κ2) is 15.5. The van der Waals surface area contributed by atoms with Gasteiger partial charge in [-0.15, -0.1) is 0 Å². The normalized spacial score (nSPS) is 11.3. The number of nitrogens with zero attached hydrogens (tertiary/aromatic N) is 4. The summed E-state index contributed by atoms with van der Waals surface area (Å²) in [6, 6.07) is 75.4. The van der Waals surface area contributed by atoms with Crippen LogP contribution in [0, 0.1) is 0 Å². The summed E-state index contributed by atoms with van der Waals surface area (Å²) >= 11 is 0. The molecule has 0 amide bonds. The maximum atomic E-state index is 6.53. The average Bonchev–Trinajstić information content (AvgIpc) is 3.80. The number of oxazole rings is 1. The largest absolute Gasteiger partial charge is 0.435 e. The Bertz CT molecular complexity index is 3330. The van der Waals surface area contributed by atoms with E-state index in [1.165, 1.54) is 11.1 Å². The third-order valence-electron chi connectivity index (χ3n) is 11.2. The number of hydrogen-bond donors (Lipinski definition) is 0. The lowest BCUT2D eigenvalue weighted by molar-refractivity contribution is 0.623. The molecule has 0 aliphatic carbocycles. The summed E-state index contributed by atoms with van der Waals surface area (Å²) in [4.78, 5) is 20.3. The summed E-state index contributed by atoms with van der Waals surface area (Å²) in [6.07, 6.45) is 0. The highest BCUT2D eigenvalue weighted by atomic mass is 16.3. The van der Waals surface area contributed by atoms with Gasteiger partial charge in [0.2, 0.25) is 5.89 Å². The minimum Gasteiger partial charge on any atom is -0.435 e. The molecule has 286 valence electrons. The van der Waals surface area contributed by atoms with Crippen LogP contribution in [0.2, 0.25) is 0 Å². The summed E-state index contributed by atoms with van der Waals surface area (Å²) in [5.41, 5.74) is 14.2. The second-order valence-electron chi connectivity index (χ2n) is 15.1. The first-order valence-electron chi connectivity index (χ1n) is 20.4. The van der Waals surface area contributed by atoms with Crippen molar-refractivity contribution in [1.82, 2.24) is 19.9 Å². The smallest absolute Gasteiger partial charge is 0.227 e. The molecular formula is C56H36N4O. The minimum absolute atomic E-state index is 0.588. The van der Waals surface area contributed by atoms with Crippen LogP contribution in [0.15, 0.2) is 223 Å². The number of benzene rings is 9. The SMILES string of the molecule is c1ccc(-c2ccc(-c3nc(-c4ccc(-c5cccc(-c6ccccc6)c5)cc4)nc(-c4cccc(-c5cccc6ccc7nc(-c8ccccc8)oc7c56)c4)n3)cc2)cc1. The van der Waals surface area contributed by atoms with E-state index in [0.29, 0.717) is 23.4 Å². The Morgan fingerprint density at radius 1 is 0.279 bits per heavy atom. The Hall–Kier alpha value is -8.28. The zero-order valence-electron chi connectivity index (χ0n) is 33.0. The predicted molar refractivity (Wildman–Crippen MR) is 248 cm³/mol.